The minimum absolute atomic E-state index is 0.328. The monoisotopic (exact) mass is 273 g/mol. The standard InChI is InChI=1S/C13H15N5S/c1-7-8(2)15-16-13(11(7)12(14)19)18-6-5-10(17-18)9-3-4-9/h5-6,9H,3-4H2,1-2H3,(H2,14,19). The van der Waals surface area contributed by atoms with Crippen LogP contribution in [0.15, 0.2) is 12.3 Å². The van der Waals surface area contributed by atoms with Gasteiger partial charge in [-0.3, -0.25) is 0 Å². The van der Waals surface area contributed by atoms with Crippen molar-refractivity contribution in [1.29, 1.82) is 0 Å². The van der Waals surface area contributed by atoms with E-state index in [1.165, 1.54) is 12.8 Å². The largest absolute Gasteiger partial charge is 0.389 e. The average Bonchev–Trinajstić information content (AvgIpc) is 3.10. The summed E-state index contributed by atoms with van der Waals surface area (Å²) in [5.41, 5.74) is 9.48. The molecule has 0 aliphatic heterocycles. The molecule has 0 spiro atoms. The van der Waals surface area contributed by atoms with Crippen LogP contribution in [0, 0.1) is 13.8 Å². The van der Waals surface area contributed by atoms with E-state index < -0.39 is 0 Å². The summed E-state index contributed by atoms with van der Waals surface area (Å²) in [5.74, 6) is 1.22. The second-order valence-electron chi connectivity index (χ2n) is 4.93. The molecule has 1 aliphatic rings. The van der Waals surface area contributed by atoms with Gasteiger partial charge in [-0.05, 0) is 38.3 Å². The minimum Gasteiger partial charge on any atom is -0.389 e. The smallest absolute Gasteiger partial charge is 0.186 e. The van der Waals surface area contributed by atoms with E-state index in [1.54, 1.807) is 4.68 Å². The van der Waals surface area contributed by atoms with E-state index in [4.69, 9.17) is 18.0 Å². The van der Waals surface area contributed by atoms with Crippen molar-refractivity contribution >= 4 is 17.2 Å². The lowest BCUT2D eigenvalue weighted by molar-refractivity contribution is 0.778. The normalized spacial score (nSPS) is 14.6. The van der Waals surface area contributed by atoms with Gasteiger partial charge in [-0.2, -0.15) is 10.2 Å². The number of aryl methyl sites for hydroxylation is 1. The second kappa shape index (κ2) is 4.38. The summed E-state index contributed by atoms with van der Waals surface area (Å²) in [5, 5.41) is 12.9. The van der Waals surface area contributed by atoms with Gasteiger partial charge in [-0.1, -0.05) is 12.2 Å². The van der Waals surface area contributed by atoms with Crippen molar-refractivity contribution in [2.45, 2.75) is 32.6 Å². The quantitative estimate of drug-likeness (QED) is 0.863. The zero-order chi connectivity index (χ0) is 13.6. The van der Waals surface area contributed by atoms with Crippen molar-refractivity contribution < 1.29 is 0 Å². The number of aromatic nitrogens is 4. The molecule has 1 fully saturated rings. The van der Waals surface area contributed by atoms with Crippen molar-refractivity contribution in [3.05, 3.63) is 34.8 Å². The first-order valence-corrected chi connectivity index (χ1v) is 6.68. The Morgan fingerprint density at radius 1 is 1.37 bits per heavy atom. The Labute approximate surface area is 116 Å². The van der Waals surface area contributed by atoms with E-state index in [9.17, 15) is 0 Å². The van der Waals surface area contributed by atoms with Gasteiger partial charge >= 0.3 is 0 Å². The summed E-state index contributed by atoms with van der Waals surface area (Å²) in [6.45, 7) is 3.85. The van der Waals surface area contributed by atoms with Crippen LogP contribution in [0.1, 0.15) is 41.3 Å². The van der Waals surface area contributed by atoms with Crippen LogP contribution in [0.4, 0.5) is 0 Å². The van der Waals surface area contributed by atoms with Gasteiger partial charge in [0.05, 0.1) is 17.0 Å². The van der Waals surface area contributed by atoms with Gasteiger partial charge in [0.25, 0.3) is 0 Å². The number of nitrogens with zero attached hydrogens (tertiary/aromatic N) is 4. The summed E-state index contributed by atoms with van der Waals surface area (Å²) in [6, 6.07) is 2.03. The molecule has 2 aromatic rings. The lowest BCUT2D eigenvalue weighted by Gasteiger charge is -2.11. The molecular formula is C13H15N5S. The van der Waals surface area contributed by atoms with Gasteiger partial charge in [0.1, 0.15) is 4.99 Å². The van der Waals surface area contributed by atoms with Crippen LogP contribution in [0.3, 0.4) is 0 Å². The Bertz CT molecular complexity index is 657. The molecule has 0 saturated heterocycles. The molecule has 1 saturated carbocycles. The average molecular weight is 273 g/mol. The second-order valence-corrected chi connectivity index (χ2v) is 5.37. The highest BCUT2D eigenvalue weighted by molar-refractivity contribution is 7.80. The fourth-order valence-corrected chi connectivity index (χ4v) is 2.35. The predicted octanol–water partition coefficient (Wildman–Crippen LogP) is 1.79. The Balaban J connectivity index is 2.12. The minimum atomic E-state index is 0.328. The highest BCUT2D eigenvalue weighted by Crippen LogP contribution is 2.39. The van der Waals surface area contributed by atoms with Gasteiger partial charge in [0, 0.05) is 12.1 Å². The maximum atomic E-state index is 5.82. The molecule has 6 heteroatoms. The van der Waals surface area contributed by atoms with E-state index in [0.29, 0.717) is 16.7 Å². The van der Waals surface area contributed by atoms with Crippen LogP contribution >= 0.6 is 12.2 Å². The molecule has 1 aliphatic carbocycles. The number of hydrogen-bond acceptors (Lipinski definition) is 4. The van der Waals surface area contributed by atoms with Gasteiger partial charge in [-0.15, -0.1) is 5.10 Å². The molecule has 98 valence electrons. The molecule has 5 nitrogen and oxygen atoms in total. The first kappa shape index (κ1) is 12.2. The van der Waals surface area contributed by atoms with E-state index in [0.717, 1.165) is 22.5 Å². The Kier molecular flexibility index (Phi) is 2.82. The topological polar surface area (TPSA) is 69.6 Å². The zero-order valence-corrected chi connectivity index (χ0v) is 11.7. The van der Waals surface area contributed by atoms with Crippen LogP contribution in [0.2, 0.25) is 0 Å². The first-order valence-electron chi connectivity index (χ1n) is 6.27. The number of nitrogens with two attached hydrogens (primary N) is 1. The summed E-state index contributed by atoms with van der Waals surface area (Å²) in [7, 11) is 0. The van der Waals surface area contributed by atoms with Crippen LogP contribution in [0.25, 0.3) is 5.82 Å². The fraction of sp³-hybridized carbons (Fsp3) is 0.385. The van der Waals surface area contributed by atoms with E-state index >= 15 is 0 Å². The third-order valence-electron chi connectivity index (χ3n) is 3.50. The Morgan fingerprint density at radius 2 is 2.11 bits per heavy atom. The predicted molar refractivity (Wildman–Crippen MR) is 76.5 cm³/mol. The zero-order valence-electron chi connectivity index (χ0n) is 10.9. The summed E-state index contributed by atoms with van der Waals surface area (Å²) >= 11 is 5.14. The van der Waals surface area contributed by atoms with Crippen LogP contribution in [-0.2, 0) is 0 Å². The lowest BCUT2D eigenvalue weighted by Crippen LogP contribution is -2.19. The molecule has 2 heterocycles. The molecule has 2 aromatic heterocycles. The molecule has 0 amide bonds. The van der Waals surface area contributed by atoms with Crippen molar-refractivity contribution in [2.24, 2.45) is 5.73 Å². The van der Waals surface area contributed by atoms with E-state index in [1.807, 2.05) is 26.1 Å². The van der Waals surface area contributed by atoms with Crippen LogP contribution in [0.5, 0.6) is 0 Å². The first-order chi connectivity index (χ1) is 9.08. The molecule has 19 heavy (non-hydrogen) atoms. The summed E-state index contributed by atoms with van der Waals surface area (Å²) in [4.78, 5) is 0.328. The molecule has 0 bridgehead atoms. The van der Waals surface area contributed by atoms with Crippen molar-refractivity contribution in [1.82, 2.24) is 20.0 Å². The molecule has 0 atom stereocenters. The third-order valence-corrected chi connectivity index (χ3v) is 3.71. The maximum absolute atomic E-state index is 5.82. The number of rotatable bonds is 3. The van der Waals surface area contributed by atoms with Gasteiger partial charge in [0.2, 0.25) is 0 Å². The molecule has 3 rings (SSSR count). The van der Waals surface area contributed by atoms with Gasteiger partial charge in [0.15, 0.2) is 5.82 Å². The molecule has 0 aromatic carbocycles. The molecule has 2 N–H and O–H groups in total. The molecule has 0 radical (unpaired) electrons. The third kappa shape index (κ3) is 2.12. The number of hydrogen-bond donors (Lipinski definition) is 1. The lowest BCUT2D eigenvalue weighted by atomic mass is 10.1. The van der Waals surface area contributed by atoms with Crippen LogP contribution < -0.4 is 5.73 Å². The highest BCUT2D eigenvalue weighted by atomic mass is 32.1. The molecular weight excluding hydrogens is 258 g/mol. The highest BCUT2D eigenvalue weighted by Gasteiger charge is 2.26. The van der Waals surface area contributed by atoms with Crippen molar-refractivity contribution in [3.63, 3.8) is 0 Å². The summed E-state index contributed by atoms with van der Waals surface area (Å²) in [6.07, 6.45) is 4.34. The van der Waals surface area contributed by atoms with Crippen LogP contribution in [-0.4, -0.2) is 25.0 Å². The Morgan fingerprint density at radius 3 is 2.74 bits per heavy atom. The maximum Gasteiger partial charge on any atom is 0.186 e. The summed E-state index contributed by atoms with van der Waals surface area (Å²) < 4.78 is 1.72. The SMILES string of the molecule is Cc1nnc(-n2ccc(C3CC3)n2)c(C(N)=S)c1C. The van der Waals surface area contributed by atoms with E-state index in [2.05, 4.69) is 15.3 Å². The van der Waals surface area contributed by atoms with Crippen molar-refractivity contribution in [2.75, 3.05) is 0 Å². The Hall–Kier alpha value is -1.82. The number of thiocarbonyl (C=S) groups is 1. The van der Waals surface area contributed by atoms with Crippen molar-refractivity contribution in [3.8, 4) is 5.82 Å². The van der Waals surface area contributed by atoms with Gasteiger partial charge < -0.3 is 5.73 Å². The fourth-order valence-electron chi connectivity index (χ4n) is 2.10. The molecule has 0 unspecified atom stereocenters. The van der Waals surface area contributed by atoms with Gasteiger partial charge in [-0.25, -0.2) is 4.68 Å². The van der Waals surface area contributed by atoms with E-state index in [-0.39, 0.29) is 0 Å².